The fraction of sp³-hybridized carbons (Fsp3) is 0.310. The van der Waals surface area contributed by atoms with Crippen molar-refractivity contribution in [3.63, 3.8) is 0 Å². The Hall–Kier alpha value is -4.02. The summed E-state index contributed by atoms with van der Waals surface area (Å²) in [5, 5.41) is 13.8. The van der Waals surface area contributed by atoms with Crippen LogP contribution in [0.15, 0.2) is 67.0 Å². The Morgan fingerprint density at radius 2 is 1.98 bits per heavy atom. The Morgan fingerprint density at radius 1 is 1.27 bits per heavy atom. The number of nitrogens with two attached hydrogens (primary N) is 1. The molecule has 5 atom stereocenters. The molecule has 0 saturated carbocycles. The number of para-hydroxylation sites is 1. The number of imidazole rings is 1. The first-order valence-electron chi connectivity index (χ1n) is 13.6. The van der Waals surface area contributed by atoms with Gasteiger partial charge in [0.05, 0.1) is 12.9 Å². The zero-order valence-electron chi connectivity index (χ0n) is 23.6. The maximum atomic E-state index is 14.3. The number of halogens is 1. The minimum Gasteiger partial charge on any atom is -0.465 e. The van der Waals surface area contributed by atoms with Gasteiger partial charge in [0.2, 0.25) is 5.28 Å². The van der Waals surface area contributed by atoms with Gasteiger partial charge in [0, 0.05) is 6.42 Å². The molecule has 3 heterocycles. The molecule has 0 bridgehead atoms. The van der Waals surface area contributed by atoms with Gasteiger partial charge in [-0.05, 0) is 42.6 Å². The second-order valence-electron chi connectivity index (χ2n) is 9.86. The van der Waals surface area contributed by atoms with E-state index in [1.54, 1.807) is 37.3 Å². The number of anilines is 1. The Kier molecular flexibility index (Phi) is 9.51. The summed E-state index contributed by atoms with van der Waals surface area (Å²) >= 11 is 6.00. The Morgan fingerprint density at radius 3 is 2.66 bits per heavy atom. The van der Waals surface area contributed by atoms with Crippen molar-refractivity contribution in [3.05, 3.63) is 77.8 Å². The molecule has 15 heteroatoms. The summed E-state index contributed by atoms with van der Waals surface area (Å²) in [6, 6.07) is 16.3. The molecule has 1 fully saturated rings. The molecule has 0 amide bonds. The van der Waals surface area contributed by atoms with Crippen molar-refractivity contribution in [2.24, 2.45) is 0 Å². The van der Waals surface area contributed by atoms with Gasteiger partial charge in [0.15, 0.2) is 17.1 Å². The molecular weight excluding hydrogens is 611 g/mol. The molecule has 1 saturated heterocycles. The normalized spacial score (nSPS) is 21.8. The minimum absolute atomic E-state index is 0.00270. The van der Waals surface area contributed by atoms with Crippen molar-refractivity contribution >= 4 is 42.3 Å². The first kappa shape index (κ1) is 31.4. The SMILES string of the molecule is C#C[C@]1(CO[P@@](=O)(N[C@@H](Cc2ccccc2)C(=O)OCC)Oc2ccccc2)O[C@@H](n2cnc3c(N)nc(Cl)nc32)C[C@@H]1O. The lowest BCUT2D eigenvalue weighted by Gasteiger charge is -2.30. The van der Waals surface area contributed by atoms with Gasteiger partial charge >= 0.3 is 13.7 Å². The predicted molar refractivity (Wildman–Crippen MR) is 161 cm³/mol. The van der Waals surface area contributed by atoms with Crippen LogP contribution < -0.4 is 15.3 Å². The van der Waals surface area contributed by atoms with E-state index in [0.29, 0.717) is 0 Å². The molecule has 0 aliphatic carbocycles. The van der Waals surface area contributed by atoms with E-state index in [2.05, 4.69) is 26.0 Å². The molecule has 0 spiro atoms. The Balaban J connectivity index is 1.41. The van der Waals surface area contributed by atoms with Crippen LogP contribution in [0.1, 0.15) is 25.1 Å². The number of esters is 1. The van der Waals surface area contributed by atoms with Gasteiger partial charge in [-0.25, -0.2) is 9.55 Å². The number of nitrogens with one attached hydrogen (secondary N) is 1. The first-order chi connectivity index (χ1) is 21.1. The topological polar surface area (TPSA) is 173 Å². The minimum atomic E-state index is -4.39. The summed E-state index contributed by atoms with van der Waals surface area (Å²) in [6.45, 7) is 1.18. The third-order valence-corrected chi connectivity index (χ3v) is 8.59. The molecule has 1 aliphatic heterocycles. The van der Waals surface area contributed by atoms with Crippen molar-refractivity contribution in [1.82, 2.24) is 24.6 Å². The summed E-state index contributed by atoms with van der Waals surface area (Å²) in [5.74, 6) is 2.06. The molecule has 2 aromatic carbocycles. The highest BCUT2D eigenvalue weighted by Gasteiger charge is 2.50. The van der Waals surface area contributed by atoms with Crippen molar-refractivity contribution in [2.45, 2.75) is 43.7 Å². The largest absolute Gasteiger partial charge is 0.465 e. The fourth-order valence-electron chi connectivity index (χ4n) is 4.70. The predicted octanol–water partition coefficient (Wildman–Crippen LogP) is 3.68. The van der Waals surface area contributed by atoms with Crippen LogP contribution in [0.4, 0.5) is 5.82 Å². The van der Waals surface area contributed by atoms with E-state index < -0.39 is 44.3 Å². The van der Waals surface area contributed by atoms with E-state index in [1.807, 2.05) is 30.3 Å². The zero-order valence-corrected chi connectivity index (χ0v) is 25.2. The Bertz CT molecular complexity index is 1700. The van der Waals surface area contributed by atoms with Gasteiger partial charge in [-0.3, -0.25) is 13.9 Å². The number of rotatable bonds is 12. The highest BCUT2D eigenvalue weighted by Crippen LogP contribution is 2.48. The molecular formula is C29H30ClN6O7P. The van der Waals surface area contributed by atoms with Crippen LogP contribution in [0.5, 0.6) is 5.75 Å². The van der Waals surface area contributed by atoms with E-state index in [1.165, 1.54) is 10.9 Å². The first-order valence-corrected chi connectivity index (χ1v) is 15.5. The molecule has 2 aromatic heterocycles. The number of nitrogen functional groups attached to an aromatic ring is 1. The van der Waals surface area contributed by atoms with Crippen LogP contribution in [0.2, 0.25) is 5.28 Å². The molecule has 4 aromatic rings. The molecule has 4 N–H and O–H groups in total. The molecule has 5 rings (SSSR count). The number of fused-ring (bicyclic) bond motifs is 1. The number of hydrogen-bond acceptors (Lipinski definition) is 11. The lowest BCUT2D eigenvalue weighted by atomic mass is 9.99. The summed E-state index contributed by atoms with van der Waals surface area (Å²) in [7, 11) is -4.39. The van der Waals surface area contributed by atoms with E-state index >= 15 is 0 Å². The lowest BCUT2D eigenvalue weighted by molar-refractivity contribution is -0.145. The second-order valence-corrected chi connectivity index (χ2v) is 11.9. The van der Waals surface area contributed by atoms with E-state index in [9.17, 15) is 14.5 Å². The number of aliphatic hydroxyl groups is 1. The summed E-state index contributed by atoms with van der Waals surface area (Å²) in [5.41, 5.74) is 5.48. The van der Waals surface area contributed by atoms with Crippen molar-refractivity contribution < 1.29 is 33.0 Å². The summed E-state index contributed by atoms with van der Waals surface area (Å²) in [4.78, 5) is 25.3. The van der Waals surface area contributed by atoms with Crippen LogP contribution in [-0.2, 0) is 29.8 Å². The summed E-state index contributed by atoms with van der Waals surface area (Å²) in [6.07, 6.45) is 5.26. The van der Waals surface area contributed by atoms with E-state index in [4.69, 9.17) is 42.3 Å². The van der Waals surface area contributed by atoms with Crippen LogP contribution in [0.25, 0.3) is 11.2 Å². The van der Waals surface area contributed by atoms with E-state index in [0.717, 1.165) is 5.56 Å². The van der Waals surface area contributed by atoms with Gasteiger partial charge in [0.1, 0.15) is 36.2 Å². The molecule has 44 heavy (non-hydrogen) atoms. The number of aliphatic hydroxyl groups excluding tert-OH is 1. The molecule has 0 radical (unpaired) electrons. The standard InChI is InChI=1S/C29H30ClN6O7P/c1-3-29(22(37)16-23(42-29)36-18-32-24-25(31)33-28(30)34-26(24)36)17-41-44(39,43-20-13-9-6-10-14-20)35-21(27(38)40-4-2)15-19-11-7-5-8-12-19/h1,5-14,18,21-23,37H,4,15-17H2,2H3,(H,35,39)(H2,31,33,34)/t21-,22-,23+,29+,44-/m0/s1. The highest BCUT2D eigenvalue weighted by molar-refractivity contribution is 7.52. The van der Waals surface area contributed by atoms with Gasteiger partial charge in [-0.1, -0.05) is 54.5 Å². The maximum absolute atomic E-state index is 14.3. The van der Waals surface area contributed by atoms with Crippen LogP contribution in [-0.4, -0.2) is 61.6 Å². The second kappa shape index (κ2) is 13.3. The molecule has 0 unspecified atom stereocenters. The average Bonchev–Trinajstić information content (AvgIpc) is 3.58. The maximum Gasteiger partial charge on any atom is 0.459 e. The number of aromatic nitrogens is 4. The number of terminal acetylenes is 1. The summed E-state index contributed by atoms with van der Waals surface area (Å²) < 4.78 is 38.9. The van der Waals surface area contributed by atoms with Crippen LogP contribution >= 0.6 is 19.3 Å². The van der Waals surface area contributed by atoms with Gasteiger partial charge in [-0.15, -0.1) is 6.42 Å². The monoisotopic (exact) mass is 640 g/mol. The van der Waals surface area contributed by atoms with E-state index in [-0.39, 0.29) is 47.5 Å². The molecule has 230 valence electrons. The zero-order chi connectivity index (χ0) is 31.3. The lowest BCUT2D eigenvalue weighted by Crippen LogP contribution is -2.44. The van der Waals surface area contributed by atoms with Gasteiger partial charge in [-0.2, -0.15) is 15.1 Å². The number of carbonyl (C=O) groups excluding carboxylic acids is 1. The number of hydrogen-bond donors (Lipinski definition) is 3. The molecule has 13 nitrogen and oxygen atoms in total. The quantitative estimate of drug-likeness (QED) is 0.0889. The Labute approximate surface area is 258 Å². The molecule has 1 aliphatic rings. The fourth-order valence-corrected chi connectivity index (χ4v) is 6.39. The number of carbonyl (C=O) groups is 1. The van der Waals surface area contributed by atoms with Crippen LogP contribution in [0.3, 0.4) is 0 Å². The third kappa shape index (κ3) is 6.87. The van der Waals surface area contributed by atoms with Gasteiger partial charge in [0.25, 0.3) is 0 Å². The third-order valence-electron chi connectivity index (χ3n) is 6.87. The smallest absolute Gasteiger partial charge is 0.459 e. The highest BCUT2D eigenvalue weighted by atomic mass is 35.5. The van der Waals surface area contributed by atoms with Crippen molar-refractivity contribution in [1.29, 1.82) is 0 Å². The number of benzene rings is 2. The van der Waals surface area contributed by atoms with Crippen LogP contribution in [0, 0.1) is 12.3 Å². The van der Waals surface area contributed by atoms with Crippen molar-refractivity contribution in [2.75, 3.05) is 18.9 Å². The number of nitrogens with zero attached hydrogens (tertiary/aromatic N) is 4. The number of ether oxygens (including phenoxy) is 2. The van der Waals surface area contributed by atoms with Gasteiger partial charge < -0.3 is 24.8 Å². The van der Waals surface area contributed by atoms with Crippen molar-refractivity contribution in [3.8, 4) is 18.1 Å². The average molecular weight is 641 g/mol.